The van der Waals surface area contributed by atoms with E-state index in [0.29, 0.717) is 11.8 Å². The van der Waals surface area contributed by atoms with E-state index in [0.717, 1.165) is 42.8 Å². The number of carbonyl (C=O) groups excluding carboxylic acids is 1. The molecule has 3 heterocycles. The first-order valence-corrected chi connectivity index (χ1v) is 10.7. The molecule has 5 nitrogen and oxygen atoms in total. The molecule has 154 valence electrons. The number of hydrogen-bond acceptors (Lipinski definition) is 3. The molecule has 2 aromatic carbocycles. The lowest BCUT2D eigenvalue weighted by Gasteiger charge is -2.30. The number of nitrogens with zero attached hydrogens (tertiary/aromatic N) is 2. The second-order valence-electron chi connectivity index (χ2n) is 8.80. The third-order valence-electron chi connectivity index (χ3n) is 6.84. The van der Waals surface area contributed by atoms with Crippen LogP contribution < -0.4 is 5.43 Å². The van der Waals surface area contributed by atoms with Crippen LogP contribution in [-0.2, 0) is 11.3 Å². The summed E-state index contributed by atoms with van der Waals surface area (Å²) >= 11 is 0. The third-order valence-corrected chi connectivity index (χ3v) is 6.84. The second-order valence-corrected chi connectivity index (χ2v) is 8.80. The molecule has 0 spiro atoms. The highest BCUT2D eigenvalue weighted by molar-refractivity contribution is 5.78. The lowest BCUT2D eigenvalue weighted by atomic mass is 9.87. The van der Waals surface area contributed by atoms with Gasteiger partial charge < -0.3 is 9.88 Å². The first-order valence-electron chi connectivity index (χ1n) is 10.7. The van der Waals surface area contributed by atoms with E-state index in [4.69, 9.17) is 0 Å². The van der Waals surface area contributed by atoms with Crippen LogP contribution in [0.5, 0.6) is 0 Å². The summed E-state index contributed by atoms with van der Waals surface area (Å²) in [7, 11) is 0. The minimum Gasteiger partial charge on any atom is -0.357 e. The summed E-state index contributed by atoms with van der Waals surface area (Å²) in [4.78, 5) is 32.8. The summed E-state index contributed by atoms with van der Waals surface area (Å²) in [5, 5.41) is 0.733. The monoisotopic (exact) mass is 401 g/mol. The van der Waals surface area contributed by atoms with Crippen LogP contribution in [0.2, 0.25) is 0 Å². The van der Waals surface area contributed by atoms with Crippen molar-refractivity contribution in [1.29, 1.82) is 0 Å². The molecule has 2 aliphatic rings. The molecule has 5 heteroatoms. The number of aryl methyl sites for hydroxylation is 1. The molecule has 0 saturated carbocycles. The highest BCUT2D eigenvalue weighted by atomic mass is 16.2. The topological polar surface area (TPSA) is 56.4 Å². The smallest absolute Gasteiger partial charge is 0.219 e. The number of hydrogen-bond donors (Lipinski definition) is 1. The van der Waals surface area contributed by atoms with Crippen LogP contribution in [0.1, 0.15) is 29.8 Å². The summed E-state index contributed by atoms with van der Waals surface area (Å²) in [5.74, 6) is 1.04. The third kappa shape index (κ3) is 3.23. The Hall–Kier alpha value is -2.92. The van der Waals surface area contributed by atoms with Gasteiger partial charge in [0.2, 0.25) is 5.91 Å². The van der Waals surface area contributed by atoms with Gasteiger partial charge in [0.25, 0.3) is 0 Å². The standard InChI is InChI=1S/C25H27N3O2/c1-16-7-3-4-8-20(16)25-22-15-27(12-18(22)13-28(25)17(2)29)14-19-11-24(30)21-9-5-6-10-23(21)26-19/h3-11,18,22,25H,12-15H2,1-2H3,(H,26,30)/t18-,22-,25+/m1/s1. The van der Waals surface area contributed by atoms with E-state index < -0.39 is 0 Å². The van der Waals surface area contributed by atoms with Crippen LogP contribution in [0.15, 0.2) is 59.4 Å². The van der Waals surface area contributed by atoms with Gasteiger partial charge in [0.1, 0.15) is 0 Å². The number of H-pyrrole nitrogens is 1. The maximum atomic E-state index is 12.5. The van der Waals surface area contributed by atoms with Crippen molar-refractivity contribution in [3.05, 3.63) is 81.6 Å². The fourth-order valence-electron chi connectivity index (χ4n) is 5.49. The van der Waals surface area contributed by atoms with E-state index >= 15 is 0 Å². The maximum absolute atomic E-state index is 12.5. The van der Waals surface area contributed by atoms with Gasteiger partial charge in [0.15, 0.2) is 5.43 Å². The zero-order chi connectivity index (χ0) is 20.8. The fraction of sp³-hybridized carbons (Fsp3) is 0.360. The van der Waals surface area contributed by atoms with Crippen LogP contribution in [0.4, 0.5) is 0 Å². The van der Waals surface area contributed by atoms with Crippen molar-refractivity contribution in [1.82, 2.24) is 14.8 Å². The Labute approximate surface area is 176 Å². The van der Waals surface area contributed by atoms with Gasteiger partial charge in [-0.3, -0.25) is 14.5 Å². The van der Waals surface area contributed by atoms with Crippen molar-refractivity contribution in [2.45, 2.75) is 26.4 Å². The minimum absolute atomic E-state index is 0.0688. The number of carbonyl (C=O) groups is 1. The van der Waals surface area contributed by atoms with Gasteiger partial charge >= 0.3 is 0 Å². The Morgan fingerprint density at radius 2 is 1.83 bits per heavy atom. The normalized spacial score (nSPS) is 23.8. The molecule has 2 fully saturated rings. The van der Waals surface area contributed by atoms with E-state index in [1.54, 1.807) is 13.0 Å². The van der Waals surface area contributed by atoms with Crippen LogP contribution in [0.3, 0.4) is 0 Å². The highest BCUT2D eigenvalue weighted by Gasteiger charge is 2.48. The van der Waals surface area contributed by atoms with Crippen LogP contribution in [0, 0.1) is 18.8 Å². The molecule has 2 aliphatic heterocycles. The van der Waals surface area contributed by atoms with Gasteiger partial charge in [-0.25, -0.2) is 0 Å². The van der Waals surface area contributed by atoms with Crippen molar-refractivity contribution in [3.8, 4) is 0 Å². The maximum Gasteiger partial charge on any atom is 0.219 e. The van der Waals surface area contributed by atoms with E-state index in [-0.39, 0.29) is 17.4 Å². The first-order chi connectivity index (χ1) is 14.5. The van der Waals surface area contributed by atoms with Crippen molar-refractivity contribution >= 4 is 16.8 Å². The van der Waals surface area contributed by atoms with Crippen molar-refractivity contribution in [2.24, 2.45) is 11.8 Å². The predicted molar refractivity (Wildman–Crippen MR) is 118 cm³/mol. The summed E-state index contributed by atoms with van der Waals surface area (Å²) in [6.07, 6.45) is 0. The quantitative estimate of drug-likeness (QED) is 0.731. The number of aromatic nitrogens is 1. The largest absolute Gasteiger partial charge is 0.357 e. The molecule has 30 heavy (non-hydrogen) atoms. The molecule has 1 amide bonds. The van der Waals surface area contributed by atoms with E-state index in [1.807, 2.05) is 24.3 Å². The molecule has 0 bridgehead atoms. The van der Waals surface area contributed by atoms with Gasteiger partial charge in [-0.15, -0.1) is 0 Å². The molecule has 2 saturated heterocycles. The lowest BCUT2D eigenvalue weighted by Crippen LogP contribution is -2.34. The van der Waals surface area contributed by atoms with E-state index in [1.165, 1.54) is 11.1 Å². The summed E-state index contributed by atoms with van der Waals surface area (Å²) in [6, 6.07) is 18.0. The number of rotatable bonds is 3. The van der Waals surface area contributed by atoms with Crippen LogP contribution in [0.25, 0.3) is 10.9 Å². The Morgan fingerprint density at radius 1 is 1.07 bits per heavy atom. The number of amides is 1. The van der Waals surface area contributed by atoms with Gasteiger partial charge in [-0.2, -0.15) is 0 Å². The van der Waals surface area contributed by atoms with Gasteiger partial charge in [-0.05, 0) is 36.1 Å². The first kappa shape index (κ1) is 19.1. The predicted octanol–water partition coefficient (Wildman–Crippen LogP) is 3.49. The lowest BCUT2D eigenvalue weighted by molar-refractivity contribution is -0.130. The molecule has 5 rings (SSSR count). The van der Waals surface area contributed by atoms with Crippen LogP contribution >= 0.6 is 0 Å². The number of aromatic amines is 1. The number of benzene rings is 2. The van der Waals surface area contributed by atoms with E-state index in [2.05, 4.69) is 46.0 Å². The van der Waals surface area contributed by atoms with Crippen molar-refractivity contribution < 1.29 is 4.79 Å². The Bertz CT molecular complexity index is 1170. The molecular weight excluding hydrogens is 374 g/mol. The summed E-state index contributed by atoms with van der Waals surface area (Å²) in [6.45, 7) is 7.24. The summed E-state index contributed by atoms with van der Waals surface area (Å²) < 4.78 is 0. The molecule has 3 atom stereocenters. The average Bonchev–Trinajstić information content (AvgIpc) is 3.26. The van der Waals surface area contributed by atoms with Crippen LogP contribution in [-0.4, -0.2) is 40.3 Å². The van der Waals surface area contributed by atoms with Crippen molar-refractivity contribution in [3.63, 3.8) is 0 Å². The highest BCUT2D eigenvalue weighted by Crippen LogP contribution is 2.45. The molecule has 1 aromatic heterocycles. The fourth-order valence-corrected chi connectivity index (χ4v) is 5.49. The number of para-hydroxylation sites is 1. The molecular formula is C25H27N3O2. The summed E-state index contributed by atoms with van der Waals surface area (Å²) in [5.41, 5.74) is 4.42. The van der Waals surface area contributed by atoms with Gasteiger partial charge in [0, 0.05) is 61.7 Å². The number of pyridine rings is 1. The second kappa shape index (κ2) is 7.40. The SMILES string of the molecule is CC(=O)N1C[C@H]2CN(Cc3cc(=O)c4ccccc4[nH]3)C[C@H]2[C@@H]1c1ccccc1C. The molecule has 3 aromatic rings. The molecule has 0 unspecified atom stereocenters. The zero-order valence-corrected chi connectivity index (χ0v) is 17.5. The van der Waals surface area contributed by atoms with Gasteiger partial charge in [0.05, 0.1) is 6.04 Å². The minimum atomic E-state index is 0.0688. The Morgan fingerprint density at radius 3 is 2.63 bits per heavy atom. The van der Waals surface area contributed by atoms with Gasteiger partial charge in [-0.1, -0.05) is 36.4 Å². The molecule has 0 aliphatic carbocycles. The molecule has 1 N–H and O–H groups in total. The number of fused-ring (bicyclic) bond motifs is 2. The average molecular weight is 402 g/mol. The Balaban J connectivity index is 1.40. The molecule has 0 radical (unpaired) electrons. The van der Waals surface area contributed by atoms with Crippen molar-refractivity contribution in [2.75, 3.05) is 19.6 Å². The zero-order valence-electron chi connectivity index (χ0n) is 17.5. The van der Waals surface area contributed by atoms with E-state index in [9.17, 15) is 9.59 Å². The number of likely N-dealkylation sites (tertiary alicyclic amines) is 2. The Kier molecular flexibility index (Phi) is 4.70. The number of nitrogens with one attached hydrogen (secondary N) is 1.